The topological polar surface area (TPSA) is 108 Å². The van der Waals surface area contributed by atoms with Crippen LogP contribution in [0.1, 0.15) is 51.2 Å². The molecule has 10 heteroatoms. The van der Waals surface area contributed by atoms with E-state index in [1.54, 1.807) is 11.1 Å². The lowest BCUT2D eigenvalue weighted by Crippen LogP contribution is -2.43. The molecule has 2 aliphatic rings. The maximum Gasteiger partial charge on any atom is 0.410 e. The van der Waals surface area contributed by atoms with Crippen molar-refractivity contribution >= 4 is 52.4 Å². The van der Waals surface area contributed by atoms with Crippen molar-refractivity contribution in [1.82, 2.24) is 14.9 Å². The van der Waals surface area contributed by atoms with Gasteiger partial charge in [0.1, 0.15) is 10.6 Å². The van der Waals surface area contributed by atoms with Gasteiger partial charge in [-0.3, -0.25) is 4.79 Å². The molecule has 2 aliphatic heterocycles. The van der Waals surface area contributed by atoms with Crippen LogP contribution in [0.15, 0.2) is 48.7 Å². The fourth-order valence-electron chi connectivity index (χ4n) is 5.05. The van der Waals surface area contributed by atoms with Crippen LogP contribution in [0.25, 0.3) is 0 Å². The number of carbonyl (C=O) groups is 2. The summed E-state index contributed by atoms with van der Waals surface area (Å²) < 4.78 is 5.54. The Morgan fingerprint density at radius 1 is 1.12 bits per heavy atom. The molecule has 1 aromatic heterocycles. The molecule has 3 N–H and O–H groups in total. The van der Waals surface area contributed by atoms with Gasteiger partial charge in [0.05, 0.1) is 6.20 Å². The van der Waals surface area contributed by atoms with E-state index in [-0.39, 0.29) is 17.9 Å². The number of ether oxygens (including phenoxy) is 1. The average Bonchev–Trinajstić information content (AvgIpc) is 2.90. The highest BCUT2D eigenvalue weighted by molar-refractivity contribution is 6.32. The van der Waals surface area contributed by atoms with Gasteiger partial charge in [-0.1, -0.05) is 23.7 Å². The number of nitrogens with one attached hydrogen (secondary N) is 3. The van der Waals surface area contributed by atoms with Gasteiger partial charge in [-0.15, -0.1) is 0 Å². The number of fused-ring (bicyclic) bond motifs is 6. The Kier molecular flexibility index (Phi) is 8.12. The molecule has 0 unspecified atom stereocenters. The van der Waals surface area contributed by atoms with E-state index in [0.29, 0.717) is 36.3 Å². The van der Waals surface area contributed by atoms with E-state index >= 15 is 0 Å². The van der Waals surface area contributed by atoms with Crippen LogP contribution in [0.2, 0.25) is 5.02 Å². The van der Waals surface area contributed by atoms with E-state index in [0.717, 1.165) is 53.9 Å². The number of hydrogen-bond acceptors (Lipinski definition) is 7. The van der Waals surface area contributed by atoms with Crippen LogP contribution < -0.4 is 16.0 Å². The Labute approximate surface area is 239 Å². The first-order chi connectivity index (χ1) is 19.1. The Morgan fingerprint density at radius 2 is 1.95 bits per heavy atom. The maximum atomic E-state index is 13.2. The van der Waals surface area contributed by atoms with Crippen LogP contribution in [-0.4, -0.2) is 45.6 Å². The minimum absolute atomic E-state index is 0.0643. The minimum atomic E-state index is -0.546. The number of anilines is 5. The number of aryl methyl sites for hydroxylation is 2. The fraction of sp³-hybridized carbons (Fsp3) is 0.400. The number of carbonyl (C=O) groups excluding carboxylic acids is 2. The van der Waals surface area contributed by atoms with Crippen molar-refractivity contribution in [3.8, 4) is 0 Å². The van der Waals surface area contributed by atoms with Crippen molar-refractivity contribution in [1.29, 1.82) is 0 Å². The zero-order valence-corrected chi connectivity index (χ0v) is 23.8. The van der Waals surface area contributed by atoms with E-state index < -0.39 is 5.60 Å². The lowest BCUT2D eigenvalue weighted by atomic mass is 9.94. The molecule has 2 aromatic carbocycles. The Morgan fingerprint density at radius 3 is 2.77 bits per heavy atom. The van der Waals surface area contributed by atoms with Crippen LogP contribution >= 0.6 is 11.6 Å². The molecule has 0 aliphatic carbocycles. The van der Waals surface area contributed by atoms with Gasteiger partial charge in [-0.25, -0.2) is 9.78 Å². The smallest absolute Gasteiger partial charge is 0.410 e. The first kappa shape index (κ1) is 27.7. The molecule has 9 nitrogen and oxygen atoms in total. The summed E-state index contributed by atoms with van der Waals surface area (Å²) in [4.78, 5) is 36.3. The zero-order valence-electron chi connectivity index (χ0n) is 23.1. The van der Waals surface area contributed by atoms with Crippen molar-refractivity contribution in [2.24, 2.45) is 5.92 Å². The first-order valence-electron chi connectivity index (χ1n) is 13.7. The van der Waals surface area contributed by atoms with Crippen LogP contribution in [0.5, 0.6) is 0 Å². The summed E-state index contributed by atoms with van der Waals surface area (Å²) in [7, 11) is 0. The molecule has 1 atom stereocenters. The molecular weight excluding hydrogens is 528 g/mol. The van der Waals surface area contributed by atoms with Gasteiger partial charge in [0, 0.05) is 36.6 Å². The maximum absolute atomic E-state index is 13.2. The van der Waals surface area contributed by atoms with Crippen molar-refractivity contribution in [3.63, 3.8) is 0 Å². The number of piperidine rings is 1. The van der Waals surface area contributed by atoms with Gasteiger partial charge < -0.3 is 25.6 Å². The molecule has 2 amide bonds. The molecule has 1 fully saturated rings. The molecule has 3 heterocycles. The molecule has 3 aromatic rings. The quantitative estimate of drug-likeness (QED) is 0.326. The number of aromatic nitrogens is 2. The summed E-state index contributed by atoms with van der Waals surface area (Å²) in [6.07, 6.45) is 4.84. The Bertz CT molecular complexity index is 1410. The molecule has 0 radical (unpaired) electrons. The van der Waals surface area contributed by atoms with Crippen molar-refractivity contribution in [2.45, 2.75) is 58.5 Å². The minimum Gasteiger partial charge on any atom is -0.444 e. The summed E-state index contributed by atoms with van der Waals surface area (Å²) in [5.74, 6) is 0.951. The lowest BCUT2D eigenvalue weighted by Gasteiger charge is -2.34. The number of rotatable bonds is 3. The second kappa shape index (κ2) is 11.7. The summed E-state index contributed by atoms with van der Waals surface area (Å²) in [6.45, 7) is 6.75. The number of hydrogen-bond donors (Lipinski definition) is 3. The van der Waals surface area contributed by atoms with Gasteiger partial charge in [-0.2, -0.15) is 4.98 Å². The fourth-order valence-corrected chi connectivity index (χ4v) is 5.19. The lowest BCUT2D eigenvalue weighted by molar-refractivity contribution is -0.117. The molecule has 210 valence electrons. The molecule has 0 spiro atoms. The van der Waals surface area contributed by atoms with Gasteiger partial charge in [0.2, 0.25) is 11.9 Å². The second-order valence-corrected chi connectivity index (χ2v) is 11.8. The van der Waals surface area contributed by atoms with E-state index in [1.807, 2.05) is 51.1 Å². The summed E-state index contributed by atoms with van der Waals surface area (Å²) in [6, 6.07) is 13.9. The van der Waals surface area contributed by atoms with Crippen molar-refractivity contribution < 1.29 is 14.3 Å². The Balaban J connectivity index is 1.32. The van der Waals surface area contributed by atoms with Crippen LogP contribution in [0.4, 0.5) is 33.6 Å². The molecule has 1 saturated heterocycles. The largest absolute Gasteiger partial charge is 0.444 e. The predicted molar refractivity (Wildman–Crippen MR) is 158 cm³/mol. The number of halogens is 1. The predicted octanol–water partition coefficient (Wildman–Crippen LogP) is 6.69. The average molecular weight is 563 g/mol. The first-order valence-corrected chi connectivity index (χ1v) is 14.1. The third-order valence-electron chi connectivity index (χ3n) is 6.90. The third-order valence-corrected chi connectivity index (χ3v) is 7.17. The van der Waals surface area contributed by atoms with E-state index in [4.69, 9.17) is 16.3 Å². The summed E-state index contributed by atoms with van der Waals surface area (Å²) >= 11 is 6.38. The van der Waals surface area contributed by atoms with Gasteiger partial charge >= 0.3 is 6.09 Å². The monoisotopic (exact) mass is 562 g/mol. The SMILES string of the molecule is CC(C)(C)OC(=O)N1CCC[C@@H](CC(=O)Nc2ccc3cc2CCc2cccc(c2)Nc2ncc(Cl)c(n2)N3)C1. The molecule has 40 heavy (non-hydrogen) atoms. The third kappa shape index (κ3) is 7.21. The molecule has 5 rings (SSSR count). The highest BCUT2D eigenvalue weighted by Crippen LogP contribution is 2.30. The standard InChI is InChI=1S/C30H35ClN6O3/c1-30(2,3)40-29(39)37-13-5-7-20(18-37)15-26(38)35-25-12-11-23-16-21(25)10-9-19-6-4-8-22(14-19)34-28-32-17-24(31)27(33-23)36-28/h4,6,8,11-12,14,16-17,20H,5,7,9-10,13,15,18H2,1-3H3,(H,35,38)(H2,32,33,34,36)/t20-/m0/s1. The van der Waals surface area contributed by atoms with Crippen molar-refractivity contribution in [2.75, 3.05) is 29.0 Å². The van der Waals surface area contributed by atoms with Crippen LogP contribution in [0.3, 0.4) is 0 Å². The Hall–Kier alpha value is -3.85. The molecule has 6 bridgehead atoms. The summed E-state index contributed by atoms with van der Waals surface area (Å²) in [5.41, 5.74) is 4.08. The van der Waals surface area contributed by atoms with Gasteiger partial charge in [0.15, 0.2) is 5.82 Å². The zero-order chi connectivity index (χ0) is 28.3. The van der Waals surface area contributed by atoms with E-state index in [9.17, 15) is 9.59 Å². The second-order valence-electron chi connectivity index (χ2n) is 11.4. The number of benzene rings is 2. The van der Waals surface area contributed by atoms with Crippen LogP contribution in [0, 0.1) is 5.92 Å². The number of amides is 2. The number of nitrogens with zero attached hydrogens (tertiary/aromatic N) is 3. The highest BCUT2D eigenvalue weighted by atomic mass is 35.5. The molecular formula is C30H35ClN6O3. The molecule has 0 saturated carbocycles. The van der Waals surface area contributed by atoms with E-state index in [1.165, 1.54) is 0 Å². The van der Waals surface area contributed by atoms with E-state index in [2.05, 4.69) is 38.1 Å². The van der Waals surface area contributed by atoms with Crippen LogP contribution in [-0.2, 0) is 22.4 Å². The normalized spacial score (nSPS) is 16.8. The van der Waals surface area contributed by atoms with Gasteiger partial charge in [-0.05, 0) is 93.8 Å². The highest BCUT2D eigenvalue weighted by Gasteiger charge is 2.29. The number of likely N-dealkylation sites (tertiary alicyclic amines) is 1. The van der Waals surface area contributed by atoms with Gasteiger partial charge in [0.25, 0.3) is 0 Å². The van der Waals surface area contributed by atoms with Crippen molar-refractivity contribution in [3.05, 3.63) is 64.8 Å². The summed E-state index contributed by atoms with van der Waals surface area (Å²) in [5, 5.41) is 10.1.